The van der Waals surface area contributed by atoms with E-state index in [2.05, 4.69) is 26.0 Å². The van der Waals surface area contributed by atoms with Crippen molar-refractivity contribution in [3.63, 3.8) is 0 Å². The number of carbonyl (C=O) groups excluding carboxylic acids is 1. The van der Waals surface area contributed by atoms with Crippen molar-refractivity contribution < 1.29 is 19.4 Å². The molecule has 0 aromatic carbocycles. The molecule has 284 valence electrons. The van der Waals surface area contributed by atoms with Crippen molar-refractivity contribution in [2.75, 3.05) is 0 Å². The number of esters is 1. The lowest BCUT2D eigenvalue weighted by Gasteiger charge is -2.18. The Hall–Kier alpha value is -1.32. The third-order valence-electron chi connectivity index (χ3n) is 9.99. The minimum Gasteiger partial charge on any atom is -0.481 e. The molecule has 1 unspecified atom stereocenters. The summed E-state index contributed by atoms with van der Waals surface area (Å²) in [5.74, 6) is -0.629. The SMILES string of the molecule is CCCCCCCC/C=C\CCCCCCCCCC(=O)OC(CCCCCCCCC)CCCCCCCCCCCCCC(=O)O. The van der Waals surface area contributed by atoms with Gasteiger partial charge < -0.3 is 9.84 Å². The summed E-state index contributed by atoms with van der Waals surface area (Å²) in [6.45, 7) is 4.55. The molecule has 4 heteroatoms. The van der Waals surface area contributed by atoms with Gasteiger partial charge in [0.15, 0.2) is 0 Å². The average Bonchev–Trinajstić information content (AvgIpc) is 3.07. The van der Waals surface area contributed by atoms with Gasteiger partial charge in [-0.15, -0.1) is 0 Å². The number of carboxylic acids is 1. The van der Waals surface area contributed by atoms with Crippen molar-refractivity contribution >= 4 is 11.9 Å². The first-order chi connectivity index (χ1) is 23.6. The van der Waals surface area contributed by atoms with E-state index in [-0.39, 0.29) is 12.1 Å². The number of rotatable bonds is 40. The number of unbranched alkanes of at least 4 members (excludes halogenated alkanes) is 29. The van der Waals surface area contributed by atoms with Gasteiger partial charge in [-0.3, -0.25) is 9.59 Å². The molecular formula is C44H84O4. The molecule has 1 atom stereocenters. The van der Waals surface area contributed by atoms with E-state index in [1.807, 2.05) is 0 Å². The minimum atomic E-state index is -0.670. The molecule has 0 saturated carbocycles. The van der Waals surface area contributed by atoms with Crippen molar-refractivity contribution in [2.45, 2.75) is 258 Å². The summed E-state index contributed by atoms with van der Waals surface area (Å²) >= 11 is 0. The Balaban J connectivity index is 3.93. The molecule has 0 fully saturated rings. The summed E-state index contributed by atoms with van der Waals surface area (Å²) in [7, 11) is 0. The Morgan fingerprint density at radius 2 is 0.750 bits per heavy atom. The zero-order valence-corrected chi connectivity index (χ0v) is 32.6. The Bertz CT molecular complexity index is 687. The molecule has 0 amide bonds. The number of ether oxygens (including phenoxy) is 1. The Labute approximate surface area is 300 Å². The highest BCUT2D eigenvalue weighted by Crippen LogP contribution is 2.19. The lowest BCUT2D eigenvalue weighted by Crippen LogP contribution is -2.18. The van der Waals surface area contributed by atoms with Gasteiger partial charge in [-0.2, -0.15) is 0 Å². The van der Waals surface area contributed by atoms with Crippen molar-refractivity contribution in [3.05, 3.63) is 12.2 Å². The van der Waals surface area contributed by atoms with E-state index in [1.54, 1.807) is 0 Å². The van der Waals surface area contributed by atoms with Crippen LogP contribution in [0.5, 0.6) is 0 Å². The highest BCUT2D eigenvalue weighted by molar-refractivity contribution is 5.69. The summed E-state index contributed by atoms with van der Waals surface area (Å²) in [5.41, 5.74) is 0. The predicted molar refractivity (Wildman–Crippen MR) is 209 cm³/mol. The van der Waals surface area contributed by atoms with Crippen LogP contribution in [0.3, 0.4) is 0 Å². The molecule has 0 saturated heterocycles. The van der Waals surface area contributed by atoms with E-state index in [1.165, 1.54) is 186 Å². The molecule has 0 rings (SSSR count). The molecule has 0 aliphatic carbocycles. The van der Waals surface area contributed by atoms with Gasteiger partial charge in [0.2, 0.25) is 0 Å². The topological polar surface area (TPSA) is 63.6 Å². The fourth-order valence-electron chi connectivity index (χ4n) is 6.77. The zero-order valence-electron chi connectivity index (χ0n) is 32.6. The highest BCUT2D eigenvalue weighted by atomic mass is 16.5. The van der Waals surface area contributed by atoms with E-state index >= 15 is 0 Å². The fraction of sp³-hybridized carbons (Fsp3) is 0.909. The van der Waals surface area contributed by atoms with Crippen LogP contribution in [-0.4, -0.2) is 23.1 Å². The molecule has 0 aromatic rings. The predicted octanol–water partition coefficient (Wildman–Crippen LogP) is 15.0. The lowest BCUT2D eigenvalue weighted by atomic mass is 10.0. The largest absolute Gasteiger partial charge is 0.481 e. The van der Waals surface area contributed by atoms with Crippen LogP contribution in [0.25, 0.3) is 0 Å². The minimum absolute atomic E-state index is 0.0404. The Kier molecular flexibility index (Phi) is 39.0. The second-order valence-electron chi connectivity index (χ2n) is 14.9. The van der Waals surface area contributed by atoms with Crippen molar-refractivity contribution in [3.8, 4) is 0 Å². The van der Waals surface area contributed by atoms with Gasteiger partial charge in [-0.1, -0.05) is 187 Å². The summed E-state index contributed by atoms with van der Waals surface area (Å²) in [6.07, 6.45) is 49.7. The van der Waals surface area contributed by atoms with Crippen LogP contribution in [0.1, 0.15) is 251 Å². The zero-order chi connectivity index (χ0) is 35.0. The summed E-state index contributed by atoms with van der Waals surface area (Å²) < 4.78 is 6.06. The summed E-state index contributed by atoms with van der Waals surface area (Å²) in [4.78, 5) is 23.3. The first-order valence-corrected chi connectivity index (χ1v) is 21.7. The van der Waals surface area contributed by atoms with Crippen LogP contribution < -0.4 is 0 Å². The fourth-order valence-corrected chi connectivity index (χ4v) is 6.77. The molecule has 48 heavy (non-hydrogen) atoms. The second kappa shape index (κ2) is 40.1. The third kappa shape index (κ3) is 39.1. The van der Waals surface area contributed by atoms with E-state index < -0.39 is 5.97 Å². The number of carbonyl (C=O) groups is 2. The summed E-state index contributed by atoms with van der Waals surface area (Å²) in [6, 6.07) is 0. The maximum atomic E-state index is 12.7. The molecule has 0 aromatic heterocycles. The maximum Gasteiger partial charge on any atom is 0.306 e. The number of hydrogen-bond acceptors (Lipinski definition) is 3. The van der Waals surface area contributed by atoms with E-state index in [0.29, 0.717) is 12.8 Å². The molecule has 0 spiro atoms. The molecule has 0 aliphatic rings. The van der Waals surface area contributed by atoms with E-state index in [9.17, 15) is 9.59 Å². The first kappa shape index (κ1) is 46.7. The number of carboxylic acid groups (broad SMARTS) is 1. The molecule has 0 heterocycles. The van der Waals surface area contributed by atoms with Gasteiger partial charge in [0.25, 0.3) is 0 Å². The van der Waals surface area contributed by atoms with Crippen molar-refractivity contribution in [1.29, 1.82) is 0 Å². The average molecular weight is 677 g/mol. The van der Waals surface area contributed by atoms with Crippen LogP contribution in [0.15, 0.2) is 12.2 Å². The quantitative estimate of drug-likeness (QED) is 0.0398. The van der Waals surface area contributed by atoms with E-state index in [0.717, 1.165) is 38.5 Å². The number of allylic oxidation sites excluding steroid dienone is 2. The standard InChI is InChI=1S/C44H84O4/c1-3-5-7-9-11-12-13-14-15-16-17-18-22-25-29-33-37-41-44(47)48-42(38-34-30-26-10-8-6-4-2)39-35-31-27-23-20-19-21-24-28-32-36-40-43(45)46/h14-15,42H,3-13,16-41H2,1-2H3,(H,45,46)/b15-14-. The Morgan fingerprint density at radius 3 is 1.12 bits per heavy atom. The Morgan fingerprint density at radius 1 is 0.438 bits per heavy atom. The number of aliphatic carboxylic acids is 1. The third-order valence-corrected chi connectivity index (χ3v) is 9.99. The summed E-state index contributed by atoms with van der Waals surface area (Å²) in [5, 5.41) is 8.71. The molecule has 4 nitrogen and oxygen atoms in total. The van der Waals surface area contributed by atoms with Gasteiger partial charge in [-0.05, 0) is 64.2 Å². The van der Waals surface area contributed by atoms with Crippen molar-refractivity contribution in [1.82, 2.24) is 0 Å². The van der Waals surface area contributed by atoms with Crippen LogP contribution in [0.2, 0.25) is 0 Å². The highest BCUT2D eigenvalue weighted by Gasteiger charge is 2.14. The van der Waals surface area contributed by atoms with Gasteiger partial charge in [0, 0.05) is 12.8 Å². The van der Waals surface area contributed by atoms with Gasteiger partial charge in [0.1, 0.15) is 6.10 Å². The number of hydrogen-bond donors (Lipinski definition) is 1. The van der Waals surface area contributed by atoms with Crippen LogP contribution >= 0.6 is 0 Å². The molecular weight excluding hydrogens is 592 g/mol. The van der Waals surface area contributed by atoms with Gasteiger partial charge >= 0.3 is 11.9 Å². The molecule has 0 radical (unpaired) electrons. The monoisotopic (exact) mass is 677 g/mol. The lowest BCUT2D eigenvalue weighted by molar-refractivity contribution is -0.150. The van der Waals surface area contributed by atoms with Crippen molar-refractivity contribution in [2.24, 2.45) is 0 Å². The molecule has 1 N–H and O–H groups in total. The molecule has 0 bridgehead atoms. The van der Waals surface area contributed by atoms with Gasteiger partial charge in [-0.25, -0.2) is 0 Å². The van der Waals surface area contributed by atoms with Crippen LogP contribution in [0, 0.1) is 0 Å². The second-order valence-corrected chi connectivity index (χ2v) is 14.9. The van der Waals surface area contributed by atoms with Gasteiger partial charge in [0.05, 0.1) is 0 Å². The van der Waals surface area contributed by atoms with Crippen LogP contribution in [0.4, 0.5) is 0 Å². The maximum absolute atomic E-state index is 12.7. The van der Waals surface area contributed by atoms with Crippen LogP contribution in [-0.2, 0) is 14.3 Å². The van der Waals surface area contributed by atoms with E-state index in [4.69, 9.17) is 9.84 Å². The first-order valence-electron chi connectivity index (χ1n) is 21.7. The molecule has 0 aliphatic heterocycles. The smallest absolute Gasteiger partial charge is 0.306 e. The normalized spacial score (nSPS) is 12.2.